The normalized spacial score (nSPS) is 15.2. The van der Waals surface area contributed by atoms with Crippen molar-refractivity contribution in [3.63, 3.8) is 0 Å². The Bertz CT molecular complexity index is 2170. The lowest BCUT2D eigenvalue weighted by atomic mass is 9.78. The van der Waals surface area contributed by atoms with Crippen molar-refractivity contribution in [2.24, 2.45) is 0 Å². The molecule has 0 spiro atoms. The van der Waals surface area contributed by atoms with Gasteiger partial charge in [0.15, 0.2) is 0 Å². The Labute approximate surface area is 296 Å². The van der Waals surface area contributed by atoms with E-state index in [0.717, 1.165) is 34.9 Å². The van der Waals surface area contributed by atoms with Crippen LogP contribution in [0.25, 0.3) is 11.1 Å². The van der Waals surface area contributed by atoms with Crippen LogP contribution in [0.4, 0.5) is 34.1 Å². The Kier molecular flexibility index (Phi) is 8.30. The van der Waals surface area contributed by atoms with Crippen molar-refractivity contribution in [2.45, 2.75) is 38.5 Å². The monoisotopic (exact) mass is 646 g/mol. The van der Waals surface area contributed by atoms with Crippen LogP contribution in [0.2, 0.25) is 0 Å². The molecule has 0 saturated carbocycles. The SMILES string of the molecule is CCC1(C)c2ccccc2-c2ccc(N(c3ccccc3)c3ccc(C(C)c4ccc(N(c5ccccc5)c5ccccc5)cc4)cc3)cc21. The molecule has 0 fully saturated rings. The van der Waals surface area contributed by atoms with Crippen molar-refractivity contribution in [1.82, 2.24) is 0 Å². The Morgan fingerprint density at radius 2 is 0.800 bits per heavy atom. The second kappa shape index (κ2) is 13.2. The third-order valence-corrected chi connectivity index (χ3v) is 10.7. The van der Waals surface area contributed by atoms with Crippen molar-refractivity contribution in [3.05, 3.63) is 204 Å². The zero-order valence-corrected chi connectivity index (χ0v) is 29.0. The predicted molar refractivity (Wildman–Crippen MR) is 212 cm³/mol. The van der Waals surface area contributed by atoms with Gasteiger partial charge in [-0.25, -0.2) is 0 Å². The van der Waals surface area contributed by atoms with Gasteiger partial charge in [0, 0.05) is 45.5 Å². The largest absolute Gasteiger partial charge is 0.311 e. The highest BCUT2D eigenvalue weighted by atomic mass is 15.1. The second-order valence-corrected chi connectivity index (χ2v) is 13.5. The highest BCUT2D eigenvalue weighted by molar-refractivity contribution is 5.85. The molecule has 7 aromatic carbocycles. The first-order valence-corrected chi connectivity index (χ1v) is 17.7. The fourth-order valence-electron chi connectivity index (χ4n) is 7.73. The van der Waals surface area contributed by atoms with E-state index in [-0.39, 0.29) is 11.3 Å². The Morgan fingerprint density at radius 1 is 0.420 bits per heavy atom. The number of anilines is 6. The van der Waals surface area contributed by atoms with Crippen LogP contribution in [0.3, 0.4) is 0 Å². The van der Waals surface area contributed by atoms with E-state index in [9.17, 15) is 0 Å². The first-order chi connectivity index (χ1) is 24.5. The summed E-state index contributed by atoms with van der Waals surface area (Å²) < 4.78 is 0. The maximum atomic E-state index is 2.43. The standard InChI is InChI=1S/C48H42N2/c1-4-48(3)46-23-15-14-22-44(46)45-33-32-43(34-47(45)48)50(40-20-12-7-13-21-40)42-30-26-37(27-31-42)35(2)36-24-28-41(29-25-36)49(38-16-8-5-9-17-38)39-18-10-6-11-19-39/h5-35H,4H2,1-3H3. The maximum Gasteiger partial charge on any atom is 0.0465 e. The summed E-state index contributed by atoms with van der Waals surface area (Å²) in [5.74, 6) is 0.244. The molecule has 0 heterocycles. The second-order valence-electron chi connectivity index (χ2n) is 13.5. The van der Waals surface area contributed by atoms with Gasteiger partial charge in [-0.15, -0.1) is 0 Å². The topological polar surface area (TPSA) is 6.48 Å². The molecule has 0 bridgehead atoms. The molecule has 2 unspecified atom stereocenters. The molecule has 8 rings (SSSR count). The minimum absolute atomic E-state index is 0.0155. The fourth-order valence-corrected chi connectivity index (χ4v) is 7.73. The quantitative estimate of drug-likeness (QED) is 0.154. The summed E-state index contributed by atoms with van der Waals surface area (Å²) in [6, 6.07) is 66.0. The lowest BCUT2D eigenvalue weighted by molar-refractivity contribution is 0.564. The summed E-state index contributed by atoms with van der Waals surface area (Å²) in [7, 11) is 0. The summed E-state index contributed by atoms with van der Waals surface area (Å²) >= 11 is 0. The van der Waals surface area contributed by atoms with Crippen LogP contribution in [0, 0.1) is 0 Å². The minimum atomic E-state index is -0.0155. The molecule has 0 saturated heterocycles. The van der Waals surface area contributed by atoms with Crippen LogP contribution in [0.5, 0.6) is 0 Å². The van der Waals surface area contributed by atoms with Crippen molar-refractivity contribution >= 4 is 34.1 Å². The van der Waals surface area contributed by atoms with E-state index < -0.39 is 0 Å². The van der Waals surface area contributed by atoms with E-state index >= 15 is 0 Å². The van der Waals surface area contributed by atoms with Crippen LogP contribution in [0.1, 0.15) is 55.4 Å². The molecule has 2 nitrogen and oxygen atoms in total. The first-order valence-electron chi connectivity index (χ1n) is 17.7. The van der Waals surface area contributed by atoms with Crippen LogP contribution in [0.15, 0.2) is 182 Å². The van der Waals surface area contributed by atoms with Gasteiger partial charge in [0.1, 0.15) is 0 Å². The van der Waals surface area contributed by atoms with Gasteiger partial charge in [-0.3, -0.25) is 0 Å². The van der Waals surface area contributed by atoms with Crippen LogP contribution >= 0.6 is 0 Å². The zero-order valence-electron chi connectivity index (χ0n) is 29.0. The molecule has 0 N–H and O–H groups in total. The Balaban J connectivity index is 1.10. The van der Waals surface area contributed by atoms with E-state index in [1.165, 1.54) is 39.1 Å². The molecule has 50 heavy (non-hydrogen) atoms. The van der Waals surface area contributed by atoms with E-state index in [4.69, 9.17) is 0 Å². The molecule has 1 aliphatic carbocycles. The smallest absolute Gasteiger partial charge is 0.0465 e. The number of nitrogens with zero attached hydrogens (tertiary/aromatic N) is 2. The first kappa shape index (κ1) is 31.4. The van der Waals surface area contributed by atoms with E-state index in [1.807, 2.05) is 0 Å². The average molecular weight is 647 g/mol. The zero-order chi connectivity index (χ0) is 34.1. The van der Waals surface area contributed by atoms with Gasteiger partial charge in [0.2, 0.25) is 0 Å². The van der Waals surface area contributed by atoms with Gasteiger partial charge in [-0.05, 0) is 113 Å². The van der Waals surface area contributed by atoms with Crippen molar-refractivity contribution in [1.29, 1.82) is 0 Å². The molecule has 2 heteroatoms. The molecular weight excluding hydrogens is 605 g/mol. The fraction of sp³-hybridized carbons (Fsp3) is 0.125. The highest BCUT2D eigenvalue weighted by Crippen LogP contribution is 2.52. The van der Waals surface area contributed by atoms with Gasteiger partial charge >= 0.3 is 0 Å². The van der Waals surface area contributed by atoms with Crippen molar-refractivity contribution in [2.75, 3.05) is 9.80 Å². The summed E-state index contributed by atoms with van der Waals surface area (Å²) in [6.07, 6.45) is 1.05. The molecule has 244 valence electrons. The maximum absolute atomic E-state index is 2.43. The average Bonchev–Trinajstić information content (AvgIpc) is 3.44. The van der Waals surface area contributed by atoms with E-state index in [0.29, 0.717) is 0 Å². The van der Waals surface area contributed by atoms with E-state index in [1.54, 1.807) is 0 Å². The molecule has 1 aliphatic rings. The summed E-state index contributed by atoms with van der Waals surface area (Å²) in [5.41, 5.74) is 15.0. The third-order valence-electron chi connectivity index (χ3n) is 10.7. The van der Waals surface area contributed by atoms with Gasteiger partial charge < -0.3 is 9.80 Å². The molecule has 0 amide bonds. The van der Waals surface area contributed by atoms with Gasteiger partial charge in [0.05, 0.1) is 0 Å². The molecular formula is C48H42N2. The molecule has 7 aromatic rings. The Morgan fingerprint density at radius 3 is 1.28 bits per heavy atom. The molecule has 2 atom stereocenters. The minimum Gasteiger partial charge on any atom is -0.311 e. The van der Waals surface area contributed by atoms with E-state index in [2.05, 4.69) is 213 Å². The summed E-state index contributed by atoms with van der Waals surface area (Å²) in [4.78, 5) is 4.70. The van der Waals surface area contributed by atoms with Gasteiger partial charge in [-0.2, -0.15) is 0 Å². The summed E-state index contributed by atoms with van der Waals surface area (Å²) in [6.45, 7) is 7.01. The van der Waals surface area contributed by atoms with Gasteiger partial charge in [0.25, 0.3) is 0 Å². The number of rotatable bonds is 9. The predicted octanol–water partition coefficient (Wildman–Crippen LogP) is 13.5. The molecule has 0 aromatic heterocycles. The number of hydrogen-bond acceptors (Lipinski definition) is 2. The molecule has 0 radical (unpaired) electrons. The lowest BCUT2D eigenvalue weighted by Gasteiger charge is -2.29. The number of para-hydroxylation sites is 3. The highest BCUT2D eigenvalue weighted by Gasteiger charge is 2.38. The van der Waals surface area contributed by atoms with Crippen molar-refractivity contribution < 1.29 is 0 Å². The number of benzene rings is 7. The van der Waals surface area contributed by atoms with Crippen LogP contribution in [-0.2, 0) is 5.41 Å². The van der Waals surface area contributed by atoms with Crippen LogP contribution in [-0.4, -0.2) is 0 Å². The number of fused-ring (bicyclic) bond motifs is 3. The third kappa shape index (κ3) is 5.57. The molecule has 0 aliphatic heterocycles. The summed E-state index contributed by atoms with van der Waals surface area (Å²) in [5, 5.41) is 0. The lowest BCUT2D eigenvalue weighted by Crippen LogP contribution is -2.20. The van der Waals surface area contributed by atoms with Crippen molar-refractivity contribution in [3.8, 4) is 11.1 Å². The van der Waals surface area contributed by atoms with Gasteiger partial charge in [-0.1, -0.05) is 130 Å². The number of hydrogen-bond donors (Lipinski definition) is 0. The Hall–Kier alpha value is -5.86. The van der Waals surface area contributed by atoms with Crippen LogP contribution < -0.4 is 9.80 Å².